The third-order valence-electron chi connectivity index (χ3n) is 4.00. The smallest absolute Gasteiger partial charge is 0.358 e. The van der Waals surface area contributed by atoms with Crippen LogP contribution < -0.4 is 5.32 Å². The van der Waals surface area contributed by atoms with Crippen LogP contribution in [0, 0.1) is 0 Å². The van der Waals surface area contributed by atoms with E-state index in [1.54, 1.807) is 35.7 Å². The van der Waals surface area contributed by atoms with E-state index in [4.69, 9.17) is 9.84 Å². The van der Waals surface area contributed by atoms with Crippen molar-refractivity contribution in [3.05, 3.63) is 54.5 Å². The molecule has 1 aromatic carbocycles. The number of pyridine rings is 1. The summed E-state index contributed by atoms with van der Waals surface area (Å²) in [4.78, 5) is 38.3. The Morgan fingerprint density at radius 1 is 1.04 bits per heavy atom. The molecule has 28 heavy (non-hydrogen) atoms. The molecule has 0 saturated heterocycles. The first-order valence-corrected chi connectivity index (χ1v) is 8.74. The Bertz CT molecular complexity index is 1020. The van der Waals surface area contributed by atoms with Crippen molar-refractivity contribution in [2.24, 2.45) is 0 Å². The van der Waals surface area contributed by atoms with Crippen molar-refractivity contribution in [1.29, 1.82) is 0 Å². The van der Waals surface area contributed by atoms with Crippen LogP contribution in [0.15, 0.2) is 48.8 Å². The van der Waals surface area contributed by atoms with Crippen molar-refractivity contribution in [3.8, 4) is 11.1 Å². The van der Waals surface area contributed by atoms with E-state index in [1.165, 1.54) is 0 Å². The highest BCUT2D eigenvalue weighted by molar-refractivity contribution is 5.92. The second-order valence-electron chi connectivity index (χ2n) is 6.05. The minimum atomic E-state index is -1.01. The van der Waals surface area contributed by atoms with Crippen LogP contribution in [0.5, 0.6) is 0 Å². The molecule has 0 atom stereocenters. The van der Waals surface area contributed by atoms with E-state index in [-0.39, 0.29) is 31.0 Å². The zero-order valence-corrected chi connectivity index (χ0v) is 15.2. The Balaban J connectivity index is 1.74. The van der Waals surface area contributed by atoms with Crippen LogP contribution in [0.2, 0.25) is 0 Å². The van der Waals surface area contributed by atoms with Crippen LogP contribution in [0.25, 0.3) is 16.8 Å². The molecule has 0 unspecified atom stereocenters. The van der Waals surface area contributed by atoms with Gasteiger partial charge in [-0.05, 0) is 42.3 Å². The van der Waals surface area contributed by atoms with Gasteiger partial charge >= 0.3 is 11.9 Å². The number of nitrogens with one attached hydrogen (secondary N) is 1. The van der Waals surface area contributed by atoms with Crippen LogP contribution in [0.4, 0.5) is 5.69 Å². The minimum absolute atomic E-state index is 0.0722. The number of aliphatic carboxylic acids is 1. The van der Waals surface area contributed by atoms with Gasteiger partial charge in [-0.25, -0.2) is 9.78 Å². The molecule has 0 aliphatic rings. The van der Waals surface area contributed by atoms with Gasteiger partial charge in [-0.15, -0.1) is 0 Å². The number of carboxylic acid groups (broad SMARTS) is 1. The van der Waals surface area contributed by atoms with Crippen LogP contribution in [-0.2, 0) is 14.3 Å². The largest absolute Gasteiger partial charge is 0.481 e. The maximum absolute atomic E-state index is 11.8. The Hall–Kier alpha value is -3.68. The number of fused-ring (bicyclic) bond motifs is 1. The van der Waals surface area contributed by atoms with Gasteiger partial charge < -0.3 is 19.6 Å². The zero-order valence-electron chi connectivity index (χ0n) is 15.2. The van der Waals surface area contributed by atoms with E-state index < -0.39 is 11.9 Å². The molecule has 0 saturated carbocycles. The molecule has 2 N–H and O–H groups in total. The molecule has 144 valence electrons. The third kappa shape index (κ3) is 4.53. The number of aromatic nitrogens is 2. The molecule has 1 amide bonds. The number of carboxylic acids is 1. The number of carbonyl (C=O) groups is 3. The van der Waals surface area contributed by atoms with Crippen molar-refractivity contribution < 1.29 is 24.2 Å². The van der Waals surface area contributed by atoms with Gasteiger partial charge in [0.25, 0.3) is 0 Å². The van der Waals surface area contributed by atoms with E-state index in [2.05, 4.69) is 10.3 Å². The van der Waals surface area contributed by atoms with Crippen molar-refractivity contribution >= 4 is 29.2 Å². The summed E-state index contributed by atoms with van der Waals surface area (Å²) in [6, 6.07) is 10.9. The Morgan fingerprint density at radius 2 is 1.75 bits per heavy atom. The number of esters is 1. The molecule has 3 aromatic rings. The van der Waals surface area contributed by atoms with Gasteiger partial charge in [0.05, 0.1) is 13.0 Å². The summed E-state index contributed by atoms with van der Waals surface area (Å²) in [6.07, 6.45) is 3.19. The number of rotatable bonds is 7. The summed E-state index contributed by atoms with van der Waals surface area (Å²) in [6.45, 7) is 2.03. The first-order valence-electron chi connectivity index (χ1n) is 8.74. The quantitative estimate of drug-likeness (QED) is 0.609. The lowest BCUT2D eigenvalue weighted by molar-refractivity contribution is -0.138. The number of carbonyl (C=O) groups excluding carboxylic acids is 2. The maximum atomic E-state index is 11.8. The number of ether oxygens (including phenoxy) is 1. The molecule has 0 aliphatic heterocycles. The summed E-state index contributed by atoms with van der Waals surface area (Å²) in [7, 11) is 0. The lowest BCUT2D eigenvalue weighted by atomic mass is 10.1. The molecule has 0 radical (unpaired) electrons. The Labute approximate surface area is 160 Å². The SMILES string of the molecule is CCOC(=O)c1cn2cc(-c3ccc(NC(=O)CCC(=O)O)cc3)ccc2n1. The van der Waals surface area contributed by atoms with Crippen LogP contribution in [0.3, 0.4) is 0 Å². The van der Waals surface area contributed by atoms with Gasteiger partial charge in [-0.2, -0.15) is 0 Å². The van der Waals surface area contributed by atoms with E-state index >= 15 is 0 Å². The molecule has 3 rings (SSSR count). The fraction of sp³-hybridized carbons (Fsp3) is 0.200. The van der Waals surface area contributed by atoms with E-state index in [1.807, 2.05) is 24.4 Å². The van der Waals surface area contributed by atoms with Crippen molar-refractivity contribution in [2.75, 3.05) is 11.9 Å². The van der Waals surface area contributed by atoms with Gasteiger partial charge in [-0.1, -0.05) is 12.1 Å². The Morgan fingerprint density at radius 3 is 2.43 bits per heavy atom. The normalized spacial score (nSPS) is 10.6. The lowest BCUT2D eigenvalue weighted by Gasteiger charge is -2.07. The fourth-order valence-corrected chi connectivity index (χ4v) is 2.66. The highest BCUT2D eigenvalue weighted by Crippen LogP contribution is 2.22. The average Bonchev–Trinajstić information content (AvgIpc) is 3.11. The number of benzene rings is 1. The van der Waals surface area contributed by atoms with Crippen LogP contribution >= 0.6 is 0 Å². The third-order valence-corrected chi connectivity index (χ3v) is 4.00. The second kappa shape index (κ2) is 8.34. The highest BCUT2D eigenvalue weighted by Gasteiger charge is 2.12. The summed E-state index contributed by atoms with van der Waals surface area (Å²) in [5, 5.41) is 11.3. The van der Waals surface area contributed by atoms with Gasteiger partial charge in [0.1, 0.15) is 5.65 Å². The molecular formula is C20H19N3O5. The molecule has 0 aliphatic carbocycles. The summed E-state index contributed by atoms with van der Waals surface area (Å²) in [5.41, 5.74) is 3.29. The van der Waals surface area contributed by atoms with Crippen molar-refractivity contribution in [1.82, 2.24) is 9.38 Å². The zero-order chi connectivity index (χ0) is 20.1. The second-order valence-corrected chi connectivity index (χ2v) is 6.05. The average molecular weight is 381 g/mol. The molecule has 0 spiro atoms. The molecule has 0 bridgehead atoms. The molecule has 0 fully saturated rings. The molecule has 8 nitrogen and oxygen atoms in total. The van der Waals surface area contributed by atoms with Gasteiger partial charge in [0.2, 0.25) is 5.91 Å². The van der Waals surface area contributed by atoms with Gasteiger partial charge in [0, 0.05) is 24.5 Å². The monoisotopic (exact) mass is 381 g/mol. The highest BCUT2D eigenvalue weighted by atomic mass is 16.5. The number of amides is 1. The predicted octanol–water partition coefficient (Wildman–Crippen LogP) is 2.98. The summed E-state index contributed by atoms with van der Waals surface area (Å²) in [5.74, 6) is -1.82. The van der Waals surface area contributed by atoms with Gasteiger partial charge in [-0.3, -0.25) is 9.59 Å². The fourth-order valence-electron chi connectivity index (χ4n) is 2.66. The van der Waals surface area contributed by atoms with E-state index in [9.17, 15) is 14.4 Å². The number of hydrogen-bond donors (Lipinski definition) is 2. The first-order chi connectivity index (χ1) is 13.5. The lowest BCUT2D eigenvalue weighted by Crippen LogP contribution is -2.13. The standard InChI is InChI=1S/C20H19N3O5/c1-2-28-20(27)16-12-23-11-14(5-8-17(23)22-16)13-3-6-15(7-4-13)21-18(24)9-10-19(25)26/h3-8,11-12H,2,9-10H2,1H3,(H,21,24)(H,25,26). The van der Waals surface area contributed by atoms with E-state index in [0.29, 0.717) is 11.3 Å². The van der Waals surface area contributed by atoms with Crippen molar-refractivity contribution in [2.45, 2.75) is 19.8 Å². The topological polar surface area (TPSA) is 110 Å². The minimum Gasteiger partial charge on any atom is -0.481 e. The molecular weight excluding hydrogens is 362 g/mol. The number of anilines is 1. The molecule has 8 heteroatoms. The Kier molecular flexibility index (Phi) is 5.69. The molecule has 2 heterocycles. The summed E-state index contributed by atoms with van der Waals surface area (Å²) >= 11 is 0. The number of imidazole rings is 1. The van der Waals surface area contributed by atoms with Crippen LogP contribution in [0.1, 0.15) is 30.3 Å². The maximum Gasteiger partial charge on any atom is 0.358 e. The van der Waals surface area contributed by atoms with Crippen LogP contribution in [-0.4, -0.2) is 38.9 Å². The molecule has 2 aromatic heterocycles. The summed E-state index contributed by atoms with van der Waals surface area (Å²) < 4.78 is 6.72. The van der Waals surface area contributed by atoms with E-state index in [0.717, 1.165) is 11.1 Å². The van der Waals surface area contributed by atoms with Gasteiger partial charge in [0.15, 0.2) is 5.69 Å². The number of hydrogen-bond acceptors (Lipinski definition) is 5. The number of nitrogens with zero attached hydrogens (tertiary/aromatic N) is 2. The predicted molar refractivity (Wildman–Crippen MR) is 102 cm³/mol. The van der Waals surface area contributed by atoms with Crippen molar-refractivity contribution in [3.63, 3.8) is 0 Å². The first kappa shape index (κ1) is 19.1.